The van der Waals surface area contributed by atoms with Crippen LogP contribution in [-0.4, -0.2) is 59.4 Å². The number of amides is 2. The van der Waals surface area contributed by atoms with E-state index in [4.69, 9.17) is 21.1 Å². The first-order valence-electron chi connectivity index (χ1n) is 11.1. The number of rotatable bonds is 7. The maximum Gasteiger partial charge on any atom is 0.242 e. The molecular formula is C25H28ClN3O4S. The number of halogens is 1. The van der Waals surface area contributed by atoms with Crippen LogP contribution in [-0.2, 0) is 20.9 Å². The summed E-state index contributed by atoms with van der Waals surface area (Å²) in [5, 5.41) is 4.39. The van der Waals surface area contributed by atoms with E-state index in [1.54, 1.807) is 25.3 Å². The van der Waals surface area contributed by atoms with Gasteiger partial charge in [-0.2, -0.15) is 0 Å². The zero-order valence-corrected chi connectivity index (χ0v) is 21.0. The molecule has 1 aliphatic heterocycles. The minimum atomic E-state index is -0.172. The van der Waals surface area contributed by atoms with Gasteiger partial charge in [-0.3, -0.25) is 9.59 Å². The molecule has 2 atom stereocenters. The van der Waals surface area contributed by atoms with Gasteiger partial charge in [0, 0.05) is 40.1 Å². The van der Waals surface area contributed by atoms with E-state index in [9.17, 15) is 9.59 Å². The molecule has 1 aliphatic rings. The molecule has 2 unspecified atom stereocenters. The van der Waals surface area contributed by atoms with E-state index in [-0.39, 0.29) is 36.3 Å². The molecule has 7 nitrogen and oxygen atoms in total. The van der Waals surface area contributed by atoms with Crippen molar-refractivity contribution in [2.45, 2.75) is 37.5 Å². The number of hydrogen-bond acceptors (Lipinski definition) is 5. The predicted molar refractivity (Wildman–Crippen MR) is 136 cm³/mol. The number of ether oxygens (including phenoxy) is 2. The number of thioether (sulfide) groups is 1. The van der Waals surface area contributed by atoms with E-state index >= 15 is 0 Å². The van der Waals surface area contributed by atoms with Crippen molar-refractivity contribution in [3.05, 3.63) is 53.7 Å². The molecule has 2 aromatic carbocycles. The SMILES string of the molecule is COc1ccc(Cl)cc1NC(=O)CSc1cn(CC(=O)N2CC(C)OC(C)C2)c2ccccc12. The summed E-state index contributed by atoms with van der Waals surface area (Å²) in [5.74, 6) is 0.639. The van der Waals surface area contributed by atoms with Crippen LogP contribution in [0.15, 0.2) is 53.6 Å². The minimum absolute atomic E-state index is 0.0249. The van der Waals surface area contributed by atoms with Gasteiger partial charge in [-0.25, -0.2) is 0 Å². The number of carbonyl (C=O) groups is 2. The van der Waals surface area contributed by atoms with Crippen molar-refractivity contribution in [2.75, 3.05) is 31.3 Å². The van der Waals surface area contributed by atoms with E-state index in [0.717, 1.165) is 15.8 Å². The topological polar surface area (TPSA) is 72.8 Å². The first kappa shape index (κ1) is 24.4. The zero-order valence-electron chi connectivity index (χ0n) is 19.4. The molecule has 0 aliphatic carbocycles. The number of para-hydroxylation sites is 1. The lowest BCUT2D eigenvalue weighted by atomic mass is 10.2. The van der Waals surface area contributed by atoms with Gasteiger partial charge in [-0.05, 0) is 38.1 Å². The Hall–Kier alpha value is -2.68. The lowest BCUT2D eigenvalue weighted by molar-refractivity contribution is -0.143. The second-order valence-electron chi connectivity index (χ2n) is 8.38. The van der Waals surface area contributed by atoms with Crippen molar-refractivity contribution in [2.24, 2.45) is 0 Å². The van der Waals surface area contributed by atoms with E-state index < -0.39 is 0 Å². The molecule has 2 amide bonds. The molecule has 1 N–H and O–H groups in total. The number of anilines is 1. The summed E-state index contributed by atoms with van der Waals surface area (Å²) in [5.41, 5.74) is 1.49. The Balaban J connectivity index is 1.46. The van der Waals surface area contributed by atoms with Crippen LogP contribution < -0.4 is 10.1 Å². The Bertz CT molecular complexity index is 1190. The van der Waals surface area contributed by atoms with Crippen LogP contribution in [0.5, 0.6) is 5.75 Å². The van der Waals surface area contributed by atoms with Crippen molar-refractivity contribution in [3.8, 4) is 5.75 Å². The maximum atomic E-state index is 13.0. The summed E-state index contributed by atoms with van der Waals surface area (Å²) in [7, 11) is 1.54. The summed E-state index contributed by atoms with van der Waals surface area (Å²) >= 11 is 7.49. The van der Waals surface area contributed by atoms with Gasteiger partial charge < -0.3 is 24.3 Å². The fraction of sp³-hybridized carbons (Fsp3) is 0.360. The van der Waals surface area contributed by atoms with E-state index in [1.807, 2.05) is 53.8 Å². The molecule has 0 spiro atoms. The Morgan fingerprint density at radius 1 is 1.18 bits per heavy atom. The van der Waals surface area contributed by atoms with Gasteiger partial charge >= 0.3 is 0 Å². The third-order valence-electron chi connectivity index (χ3n) is 5.62. The molecule has 3 aromatic rings. The van der Waals surface area contributed by atoms with Crippen molar-refractivity contribution < 1.29 is 19.1 Å². The Labute approximate surface area is 208 Å². The predicted octanol–water partition coefficient (Wildman–Crippen LogP) is 4.67. The van der Waals surface area contributed by atoms with Crippen LogP contribution in [0.25, 0.3) is 10.9 Å². The van der Waals surface area contributed by atoms with E-state index in [0.29, 0.717) is 29.5 Å². The van der Waals surface area contributed by atoms with Gasteiger partial charge in [0.25, 0.3) is 0 Å². The molecule has 34 heavy (non-hydrogen) atoms. The van der Waals surface area contributed by atoms with Crippen LogP contribution in [0, 0.1) is 0 Å². The smallest absolute Gasteiger partial charge is 0.242 e. The highest BCUT2D eigenvalue weighted by atomic mass is 35.5. The summed E-state index contributed by atoms with van der Waals surface area (Å²) in [6, 6.07) is 13.0. The van der Waals surface area contributed by atoms with Crippen LogP contribution in [0.1, 0.15) is 13.8 Å². The molecular weight excluding hydrogens is 474 g/mol. The highest BCUT2D eigenvalue weighted by Crippen LogP contribution is 2.31. The molecule has 1 saturated heterocycles. The molecule has 4 rings (SSSR count). The van der Waals surface area contributed by atoms with Crippen LogP contribution in [0.3, 0.4) is 0 Å². The van der Waals surface area contributed by atoms with Gasteiger partial charge in [0.2, 0.25) is 11.8 Å². The standard InChI is InChI=1S/C25H28ClN3O4S/c1-16-11-29(12-17(2)33-16)25(31)14-28-13-23(19-6-4-5-7-21(19)28)34-15-24(30)27-20-10-18(26)8-9-22(20)32-3/h4-10,13,16-17H,11-12,14-15H2,1-3H3,(H,27,30). The molecule has 1 aromatic heterocycles. The molecule has 2 heterocycles. The third-order valence-corrected chi connectivity index (χ3v) is 6.90. The number of nitrogens with one attached hydrogen (secondary N) is 1. The normalized spacial score (nSPS) is 18.2. The van der Waals surface area contributed by atoms with Crippen molar-refractivity contribution in [3.63, 3.8) is 0 Å². The number of hydrogen-bond donors (Lipinski definition) is 1. The molecule has 9 heteroatoms. The van der Waals surface area contributed by atoms with Gasteiger partial charge in [0.05, 0.1) is 30.8 Å². The number of fused-ring (bicyclic) bond motifs is 1. The van der Waals surface area contributed by atoms with Gasteiger partial charge in [-0.1, -0.05) is 29.8 Å². The molecule has 1 fully saturated rings. The molecule has 0 bridgehead atoms. The maximum absolute atomic E-state index is 13.0. The summed E-state index contributed by atoms with van der Waals surface area (Å²) in [4.78, 5) is 28.5. The second-order valence-corrected chi connectivity index (χ2v) is 9.83. The average Bonchev–Trinajstić information content (AvgIpc) is 3.14. The third kappa shape index (κ3) is 5.68. The Morgan fingerprint density at radius 3 is 2.65 bits per heavy atom. The lowest BCUT2D eigenvalue weighted by Crippen LogP contribution is -2.49. The van der Waals surface area contributed by atoms with Crippen molar-refractivity contribution >= 4 is 51.8 Å². The summed E-state index contributed by atoms with van der Waals surface area (Å²) in [6.45, 7) is 5.40. The first-order valence-corrected chi connectivity index (χ1v) is 12.5. The average molecular weight is 502 g/mol. The van der Waals surface area contributed by atoms with Crippen LogP contribution in [0.2, 0.25) is 5.02 Å². The molecule has 0 radical (unpaired) electrons. The molecule has 0 saturated carbocycles. The number of nitrogens with zero attached hydrogens (tertiary/aromatic N) is 2. The number of carbonyl (C=O) groups excluding carboxylic acids is 2. The van der Waals surface area contributed by atoms with Gasteiger partial charge in [0.1, 0.15) is 12.3 Å². The molecule has 180 valence electrons. The van der Waals surface area contributed by atoms with E-state index in [2.05, 4.69) is 5.32 Å². The quantitative estimate of drug-likeness (QED) is 0.476. The fourth-order valence-corrected chi connectivity index (χ4v) is 5.25. The highest BCUT2D eigenvalue weighted by molar-refractivity contribution is 8.00. The minimum Gasteiger partial charge on any atom is -0.495 e. The van der Waals surface area contributed by atoms with Crippen LogP contribution >= 0.6 is 23.4 Å². The summed E-state index contributed by atoms with van der Waals surface area (Å²) in [6.07, 6.45) is 2.00. The van der Waals surface area contributed by atoms with Gasteiger partial charge in [0.15, 0.2) is 0 Å². The van der Waals surface area contributed by atoms with E-state index in [1.165, 1.54) is 11.8 Å². The number of benzene rings is 2. The Morgan fingerprint density at radius 2 is 1.91 bits per heavy atom. The largest absolute Gasteiger partial charge is 0.495 e. The fourth-order valence-electron chi connectivity index (χ4n) is 4.19. The second kappa shape index (κ2) is 10.7. The van der Waals surface area contributed by atoms with Crippen molar-refractivity contribution in [1.82, 2.24) is 9.47 Å². The summed E-state index contributed by atoms with van der Waals surface area (Å²) < 4.78 is 13.0. The lowest BCUT2D eigenvalue weighted by Gasteiger charge is -2.35. The highest BCUT2D eigenvalue weighted by Gasteiger charge is 2.26. The Kier molecular flexibility index (Phi) is 7.70. The van der Waals surface area contributed by atoms with Crippen molar-refractivity contribution in [1.29, 1.82) is 0 Å². The number of morpholine rings is 1. The number of methoxy groups -OCH3 is 1. The van der Waals surface area contributed by atoms with Crippen LogP contribution in [0.4, 0.5) is 5.69 Å². The zero-order chi connectivity index (χ0) is 24.2. The first-order chi connectivity index (χ1) is 16.3. The monoisotopic (exact) mass is 501 g/mol. The van der Waals surface area contributed by atoms with Gasteiger partial charge in [-0.15, -0.1) is 11.8 Å². The number of aromatic nitrogens is 1.